The molecule has 0 saturated carbocycles. The van der Waals surface area contributed by atoms with Crippen LogP contribution in [0.25, 0.3) is 10.6 Å². The summed E-state index contributed by atoms with van der Waals surface area (Å²) in [4.78, 5) is 15.8. The van der Waals surface area contributed by atoms with Gasteiger partial charge in [0.25, 0.3) is 5.91 Å². The highest BCUT2D eigenvalue weighted by Crippen LogP contribution is 2.33. The molecule has 3 aromatic rings. The number of H-pyrrole nitrogens is 1. The number of aryl methyl sites for hydroxylation is 1. The molecule has 1 saturated heterocycles. The first kappa shape index (κ1) is 14.2. The van der Waals surface area contributed by atoms with E-state index in [1.807, 2.05) is 47.9 Å². The van der Waals surface area contributed by atoms with Gasteiger partial charge in [0.15, 0.2) is 5.69 Å². The summed E-state index contributed by atoms with van der Waals surface area (Å²) in [5.74, 6) is -0.0181. The van der Waals surface area contributed by atoms with Gasteiger partial charge in [-0.15, -0.1) is 11.3 Å². The van der Waals surface area contributed by atoms with E-state index in [9.17, 15) is 4.79 Å². The maximum absolute atomic E-state index is 12.8. The number of nitrogens with zero attached hydrogens (tertiary/aromatic N) is 4. The summed E-state index contributed by atoms with van der Waals surface area (Å²) in [6.45, 7) is 0.763. The Morgan fingerprint density at radius 3 is 3.13 bits per heavy atom. The number of thiophene rings is 1. The summed E-state index contributed by atoms with van der Waals surface area (Å²) in [6.07, 6.45) is 5.81. The molecule has 23 heavy (non-hydrogen) atoms. The number of carbonyl (C=O) groups excluding carboxylic acids is 1. The summed E-state index contributed by atoms with van der Waals surface area (Å²) in [6, 6.07) is 5.94. The summed E-state index contributed by atoms with van der Waals surface area (Å²) >= 11 is 1.63. The molecule has 6 nitrogen and oxygen atoms in total. The Morgan fingerprint density at radius 1 is 1.48 bits per heavy atom. The molecule has 1 aliphatic rings. The number of rotatable bonds is 3. The van der Waals surface area contributed by atoms with Gasteiger partial charge in [0, 0.05) is 25.4 Å². The lowest BCUT2D eigenvalue weighted by Gasteiger charge is -2.22. The number of amides is 1. The molecule has 1 amide bonds. The second-order valence-corrected chi connectivity index (χ2v) is 6.70. The normalized spacial score (nSPS) is 17.8. The number of carbonyl (C=O) groups is 1. The molecular formula is C16H17N5OS. The molecule has 118 valence electrons. The lowest BCUT2D eigenvalue weighted by atomic mass is 10.1. The molecule has 1 aliphatic heterocycles. The number of hydrogen-bond acceptors (Lipinski definition) is 4. The van der Waals surface area contributed by atoms with Crippen molar-refractivity contribution in [1.29, 1.82) is 0 Å². The Bertz CT molecular complexity index is 819. The Morgan fingerprint density at radius 2 is 2.39 bits per heavy atom. The van der Waals surface area contributed by atoms with Crippen molar-refractivity contribution in [1.82, 2.24) is 24.9 Å². The fourth-order valence-electron chi connectivity index (χ4n) is 3.11. The quantitative estimate of drug-likeness (QED) is 0.804. The maximum Gasteiger partial charge on any atom is 0.274 e. The van der Waals surface area contributed by atoms with Crippen LogP contribution in [0.1, 0.15) is 34.9 Å². The van der Waals surface area contributed by atoms with Crippen molar-refractivity contribution in [2.45, 2.75) is 18.9 Å². The summed E-state index contributed by atoms with van der Waals surface area (Å²) in [5.41, 5.74) is 2.46. The van der Waals surface area contributed by atoms with Gasteiger partial charge in [-0.25, -0.2) is 0 Å². The van der Waals surface area contributed by atoms with E-state index >= 15 is 0 Å². The number of aromatic nitrogens is 4. The van der Waals surface area contributed by atoms with Crippen LogP contribution in [0.15, 0.2) is 36.0 Å². The highest BCUT2D eigenvalue weighted by molar-refractivity contribution is 7.13. The van der Waals surface area contributed by atoms with E-state index in [-0.39, 0.29) is 11.9 Å². The Labute approximate surface area is 137 Å². The van der Waals surface area contributed by atoms with Gasteiger partial charge in [0.1, 0.15) is 0 Å². The van der Waals surface area contributed by atoms with Gasteiger partial charge in [-0.3, -0.25) is 14.6 Å². The standard InChI is InChI=1S/C16H17N5OS/c1-20-10-11(9-17-20)14-4-2-6-21(14)16(22)13-8-12(18-19-13)15-5-3-7-23-15/h3,5,7-10,14H,2,4,6H2,1H3,(H,18,19)/t14-/m1/s1. The first-order chi connectivity index (χ1) is 11.2. The van der Waals surface area contributed by atoms with E-state index in [4.69, 9.17) is 0 Å². The zero-order valence-electron chi connectivity index (χ0n) is 12.8. The Kier molecular flexibility index (Phi) is 3.49. The first-order valence-corrected chi connectivity index (χ1v) is 8.49. The Balaban J connectivity index is 1.58. The summed E-state index contributed by atoms with van der Waals surface area (Å²) in [5, 5.41) is 13.4. The molecule has 0 spiro atoms. The third-order valence-corrected chi connectivity index (χ3v) is 5.11. The fourth-order valence-corrected chi connectivity index (χ4v) is 3.80. The molecular weight excluding hydrogens is 310 g/mol. The van der Waals surface area contributed by atoms with Crippen molar-refractivity contribution in [3.8, 4) is 10.6 Å². The highest BCUT2D eigenvalue weighted by Gasteiger charge is 2.32. The minimum Gasteiger partial charge on any atom is -0.330 e. The van der Waals surface area contributed by atoms with Crippen molar-refractivity contribution in [3.63, 3.8) is 0 Å². The smallest absolute Gasteiger partial charge is 0.274 e. The van der Waals surface area contributed by atoms with E-state index in [1.165, 1.54) is 0 Å². The highest BCUT2D eigenvalue weighted by atomic mass is 32.1. The molecule has 1 fully saturated rings. The SMILES string of the molecule is Cn1cc([C@H]2CCCN2C(=O)c2cc(-c3cccs3)[nH]n2)cn1. The molecule has 1 N–H and O–H groups in total. The average Bonchev–Trinajstić information content (AvgIpc) is 3.31. The zero-order valence-corrected chi connectivity index (χ0v) is 13.6. The van der Waals surface area contributed by atoms with E-state index in [1.54, 1.807) is 16.0 Å². The van der Waals surface area contributed by atoms with Crippen molar-refractivity contribution in [2.75, 3.05) is 6.54 Å². The lowest BCUT2D eigenvalue weighted by molar-refractivity contribution is 0.0729. The molecule has 4 heterocycles. The van der Waals surface area contributed by atoms with Crippen LogP contribution in [-0.4, -0.2) is 37.3 Å². The molecule has 4 rings (SSSR count). The summed E-state index contributed by atoms with van der Waals surface area (Å²) in [7, 11) is 1.89. The molecule has 0 aromatic carbocycles. The molecule has 0 aliphatic carbocycles. The van der Waals surface area contributed by atoms with Gasteiger partial charge in [-0.1, -0.05) is 6.07 Å². The molecule has 7 heteroatoms. The predicted molar refractivity (Wildman–Crippen MR) is 88.1 cm³/mol. The van der Waals surface area contributed by atoms with Gasteiger partial charge in [0.2, 0.25) is 0 Å². The number of aromatic amines is 1. The van der Waals surface area contributed by atoms with E-state index in [0.29, 0.717) is 5.69 Å². The second kappa shape index (κ2) is 5.66. The van der Waals surface area contributed by atoms with Gasteiger partial charge >= 0.3 is 0 Å². The third-order valence-electron chi connectivity index (χ3n) is 4.21. The van der Waals surface area contributed by atoms with Crippen LogP contribution in [0.2, 0.25) is 0 Å². The second-order valence-electron chi connectivity index (χ2n) is 5.75. The van der Waals surface area contributed by atoms with Crippen LogP contribution in [0, 0.1) is 0 Å². The third kappa shape index (κ3) is 2.57. The van der Waals surface area contributed by atoms with Crippen molar-refractivity contribution in [3.05, 3.63) is 47.2 Å². The van der Waals surface area contributed by atoms with Gasteiger partial charge < -0.3 is 4.90 Å². The van der Waals surface area contributed by atoms with Crippen molar-refractivity contribution < 1.29 is 4.79 Å². The molecule has 0 radical (unpaired) electrons. The minimum absolute atomic E-state index is 0.0181. The van der Waals surface area contributed by atoms with Crippen LogP contribution < -0.4 is 0 Å². The summed E-state index contributed by atoms with van der Waals surface area (Å²) < 4.78 is 1.78. The topological polar surface area (TPSA) is 66.8 Å². The molecule has 0 bridgehead atoms. The average molecular weight is 327 g/mol. The van der Waals surface area contributed by atoms with Crippen LogP contribution in [0.5, 0.6) is 0 Å². The van der Waals surface area contributed by atoms with E-state index < -0.39 is 0 Å². The van der Waals surface area contributed by atoms with Crippen molar-refractivity contribution in [2.24, 2.45) is 7.05 Å². The fraction of sp³-hybridized carbons (Fsp3) is 0.312. The monoisotopic (exact) mass is 327 g/mol. The van der Waals surface area contributed by atoms with Gasteiger partial charge in [0.05, 0.1) is 22.8 Å². The minimum atomic E-state index is -0.0181. The zero-order chi connectivity index (χ0) is 15.8. The number of likely N-dealkylation sites (tertiary alicyclic amines) is 1. The predicted octanol–water partition coefficient (Wildman–Crippen LogP) is 2.85. The molecule has 3 aromatic heterocycles. The first-order valence-electron chi connectivity index (χ1n) is 7.61. The molecule has 1 atom stereocenters. The largest absolute Gasteiger partial charge is 0.330 e. The van der Waals surface area contributed by atoms with Crippen LogP contribution >= 0.6 is 11.3 Å². The van der Waals surface area contributed by atoms with Gasteiger partial charge in [-0.05, 0) is 30.4 Å². The van der Waals surface area contributed by atoms with Crippen LogP contribution in [0.4, 0.5) is 0 Å². The van der Waals surface area contributed by atoms with Crippen molar-refractivity contribution >= 4 is 17.2 Å². The number of hydrogen-bond donors (Lipinski definition) is 1. The Hall–Kier alpha value is -2.41. The molecule has 0 unspecified atom stereocenters. The lowest BCUT2D eigenvalue weighted by Crippen LogP contribution is -2.30. The van der Waals surface area contributed by atoms with Crippen LogP contribution in [-0.2, 0) is 7.05 Å². The maximum atomic E-state index is 12.8. The number of nitrogens with one attached hydrogen (secondary N) is 1. The van der Waals surface area contributed by atoms with Crippen LogP contribution in [0.3, 0.4) is 0 Å². The van der Waals surface area contributed by atoms with Gasteiger partial charge in [-0.2, -0.15) is 10.2 Å². The van der Waals surface area contributed by atoms with E-state index in [0.717, 1.165) is 35.5 Å². The van der Waals surface area contributed by atoms with E-state index in [2.05, 4.69) is 15.3 Å².